The lowest BCUT2D eigenvalue weighted by Crippen LogP contribution is -2.12. The maximum atomic E-state index is 12.1. The summed E-state index contributed by atoms with van der Waals surface area (Å²) in [5.41, 5.74) is 0.414. The Bertz CT molecular complexity index is 889. The minimum atomic E-state index is -0.790. The van der Waals surface area contributed by atoms with Gasteiger partial charge in [0.15, 0.2) is 23.9 Å². The van der Waals surface area contributed by atoms with E-state index in [9.17, 15) is 19.7 Å². The van der Waals surface area contributed by atoms with Crippen molar-refractivity contribution in [3.05, 3.63) is 69.8 Å². The number of benzene rings is 2. The number of nitro groups is 1. The van der Waals surface area contributed by atoms with Gasteiger partial charge < -0.3 is 14.2 Å². The van der Waals surface area contributed by atoms with Crippen molar-refractivity contribution >= 4 is 23.5 Å². The van der Waals surface area contributed by atoms with Gasteiger partial charge in [0.05, 0.1) is 24.7 Å². The summed E-state index contributed by atoms with van der Waals surface area (Å²) < 4.78 is 15.1. The van der Waals surface area contributed by atoms with Crippen LogP contribution in [0.4, 0.5) is 5.69 Å². The van der Waals surface area contributed by atoms with Gasteiger partial charge in [0.1, 0.15) is 0 Å². The van der Waals surface area contributed by atoms with E-state index in [2.05, 4.69) is 0 Å². The highest BCUT2D eigenvalue weighted by Gasteiger charge is 2.13. The molecule has 0 fully saturated rings. The van der Waals surface area contributed by atoms with E-state index in [-0.39, 0.29) is 11.3 Å². The van der Waals surface area contributed by atoms with E-state index in [1.54, 1.807) is 12.1 Å². The van der Waals surface area contributed by atoms with E-state index < -0.39 is 23.3 Å². The van der Waals surface area contributed by atoms with Crippen molar-refractivity contribution in [2.75, 3.05) is 20.8 Å². The van der Waals surface area contributed by atoms with Crippen molar-refractivity contribution in [1.82, 2.24) is 0 Å². The molecule has 0 amide bonds. The maximum absolute atomic E-state index is 12.1. The molecule has 0 aliphatic rings. The summed E-state index contributed by atoms with van der Waals surface area (Å²) in [4.78, 5) is 34.3. The molecule has 0 N–H and O–H groups in total. The van der Waals surface area contributed by atoms with Crippen LogP contribution in [0.2, 0.25) is 0 Å². The summed E-state index contributed by atoms with van der Waals surface area (Å²) in [6, 6.07) is 10.5. The van der Waals surface area contributed by atoms with Crippen LogP contribution in [0, 0.1) is 10.1 Å². The van der Waals surface area contributed by atoms with E-state index in [0.717, 1.165) is 6.08 Å². The molecule has 0 atom stereocenters. The van der Waals surface area contributed by atoms with Crippen LogP contribution in [0.5, 0.6) is 11.5 Å². The lowest BCUT2D eigenvalue weighted by atomic mass is 10.1. The number of hydrogen-bond donors (Lipinski definition) is 0. The van der Waals surface area contributed by atoms with Crippen LogP contribution in [0.3, 0.4) is 0 Å². The number of nitro benzene ring substituents is 1. The molecule has 0 unspecified atom stereocenters. The highest BCUT2D eigenvalue weighted by molar-refractivity contribution is 5.99. The zero-order chi connectivity index (χ0) is 19.8. The molecular weight excluding hydrogens is 354 g/mol. The number of hydrogen-bond acceptors (Lipinski definition) is 7. The first-order chi connectivity index (χ1) is 13.0. The van der Waals surface area contributed by atoms with E-state index in [1.165, 1.54) is 50.6 Å². The third-order valence-electron chi connectivity index (χ3n) is 3.58. The molecule has 0 bridgehead atoms. The zero-order valence-corrected chi connectivity index (χ0v) is 14.7. The molecule has 8 heteroatoms. The highest BCUT2D eigenvalue weighted by Crippen LogP contribution is 2.27. The Hall–Kier alpha value is -3.68. The number of para-hydroxylation sites is 1. The first-order valence-corrected chi connectivity index (χ1v) is 7.79. The Morgan fingerprint density at radius 3 is 2.44 bits per heavy atom. The van der Waals surface area contributed by atoms with Crippen molar-refractivity contribution in [2.24, 2.45) is 0 Å². The second-order valence-corrected chi connectivity index (χ2v) is 5.25. The molecule has 0 aliphatic heterocycles. The Balaban J connectivity index is 1.99. The lowest BCUT2D eigenvalue weighted by molar-refractivity contribution is -0.385. The van der Waals surface area contributed by atoms with Gasteiger partial charge in [-0.3, -0.25) is 14.9 Å². The van der Waals surface area contributed by atoms with Crippen molar-refractivity contribution in [3.63, 3.8) is 0 Å². The normalized spacial score (nSPS) is 10.4. The van der Waals surface area contributed by atoms with Crippen molar-refractivity contribution in [1.29, 1.82) is 0 Å². The standard InChI is InChI=1S/C19H17NO7/c1-25-17-9-7-14(11-18(17)26-2)16(21)12-27-19(22)10-8-13-5-3-4-6-15(13)20(23)24/h3-11H,12H2,1-2H3/b10-8+. The molecule has 27 heavy (non-hydrogen) atoms. The van der Waals surface area contributed by atoms with Gasteiger partial charge in [0.2, 0.25) is 0 Å². The summed E-state index contributed by atoms with van der Waals surface area (Å²) in [7, 11) is 2.92. The second kappa shape index (κ2) is 9.14. The van der Waals surface area contributed by atoms with Gasteiger partial charge in [-0.2, -0.15) is 0 Å². The topological polar surface area (TPSA) is 105 Å². The molecule has 8 nitrogen and oxygen atoms in total. The van der Waals surface area contributed by atoms with E-state index in [4.69, 9.17) is 14.2 Å². The average molecular weight is 371 g/mol. The summed E-state index contributed by atoms with van der Waals surface area (Å²) >= 11 is 0. The average Bonchev–Trinajstić information content (AvgIpc) is 2.69. The fourth-order valence-electron chi connectivity index (χ4n) is 2.23. The SMILES string of the molecule is COc1ccc(C(=O)COC(=O)/C=C/c2ccccc2[N+](=O)[O-])cc1OC. The number of ether oxygens (including phenoxy) is 3. The van der Waals surface area contributed by atoms with Gasteiger partial charge in [0, 0.05) is 17.7 Å². The number of methoxy groups -OCH3 is 2. The molecule has 2 aromatic rings. The van der Waals surface area contributed by atoms with Crippen LogP contribution in [-0.4, -0.2) is 37.5 Å². The summed E-state index contributed by atoms with van der Waals surface area (Å²) in [6.07, 6.45) is 2.30. The molecule has 0 saturated carbocycles. The second-order valence-electron chi connectivity index (χ2n) is 5.25. The molecular formula is C19H17NO7. The van der Waals surface area contributed by atoms with Gasteiger partial charge >= 0.3 is 5.97 Å². The number of rotatable bonds is 8. The Kier molecular flexibility index (Phi) is 6.65. The van der Waals surface area contributed by atoms with Crippen molar-refractivity contribution in [3.8, 4) is 11.5 Å². The summed E-state index contributed by atoms with van der Waals surface area (Å²) in [5, 5.41) is 10.9. The van der Waals surface area contributed by atoms with Crippen molar-refractivity contribution in [2.45, 2.75) is 0 Å². The largest absolute Gasteiger partial charge is 0.493 e. The Morgan fingerprint density at radius 1 is 1.07 bits per heavy atom. The zero-order valence-electron chi connectivity index (χ0n) is 14.7. The molecule has 140 valence electrons. The third-order valence-corrected chi connectivity index (χ3v) is 3.58. The molecule has 2 aromatic carbocycles. The van der Waals surface area contributed by atoms with E-state index in [1.807, 2.05) is 0 Å². The van der Waals surface area contributed by atoms with Gasteiger partial charge in [-0.1, -0.05) is 12.1 Å². The quantitative estimate of drug-likeness (QED) is 0.231. The van der Waals surface area contributed by atoms with Crippen LogP contribution >= 0.6 is 0 Å². The van der Waals surface area contributed by atoms with Crippen LogP contribution in [0.15, 0.2) is 48.5 Å². The van der Waals surface area contributed by atoms with E-state index >= 15 is 0 Å². The predicted octanol–water partition coefficient (Wildman–Crippen LogP) is 3.05. The fraction of sp³-hybridized carbons (Fsp3) is 0.158. The molecule has 0 aliphatic carbocycles. The summed E-state index contributed by atoms with van der Waals surface area (Å²) in [5.74, 6) is -0.366. The molecule has 2 rings (SSSR count). The number of esters is 1. The van der Waals surface area contributed by atoms with Gasteiger partial charge in [-0.15, -0.1) is 0 Å². The Morgan fingerprint density at radius 2 is 1.78 bits per heavy atom. The van der Waals surface area contributed by atoms with Gasteiger partial charge in [-0.25, -0.2) is 4.79 Å². The smallest absolute Gasteiger partial charge is 0.331 e. The van der Waals surface area contributed by atoms with Crippen LogP contribution in [-0.2, 0) is 9.53 Å². The maximum Gasteiger partial charge on any atom is 0.331 e. The van der Waals surface area contributed by atoms with Gasteiger partial charge in [0.25, 0.3) is 5.69 Å². The van der Waals surface area contributed by atoms with Crippen LogP contribution < -0.4 is 9.47 Å². The molecule has 0 spiro atoms. The van der Waals surface area contributed by atoms with Crippen molar-refractivity contribution < 1.29 is 28.7 Å². The minimum absolute atomic E-state index is 0.136. The first-order valence-electron chi connectivity index (χ1n) is 7.79. The number of Topliss-reactive ketones (excluding diaryl/α,β-unsaturated/α-hetero) is 1. The molecule has 0 heterocycles. The number of carbonyl (C=O) groups excluding carboxylic acids is 2. The minimum Gasteiger partial charge on any atom is -0.493 e. The monoisotopic (exact) mass is 371 g/mol. The van der Waals surface area contributed by atoms with E-state index in [0.29, 0.717) is 17.1 Å². The number of carbonyl (C=O) groups is 2. The van der Waals surface area contributed by atoms with Crippen LogP contribution in [0.25, 0.3) is 6.08 Å². The lowest BCUT2D eigenvalue weighted by Gasteiger charge is -2.09. The van der Waals surface area contributed by atoms with Gasteiger partial charge in [-0.05, 0) is 30.3 Å². The summed E-state index contributed by atoms with van der Waals surface area (Å²) in [6.45, 7) is -0.477. The third kappa shape index (κ3) is 5.15. The van der Waals surface area contributed by atoms with Crippen LogP contribution in [0.1, 0.15) is 15.9 Å². The predicted molar refractivity (Wildman–Crippen MR) is 97.0 cm³/mol. The highest BCUT2D eigenvalue weighted by atomic mass is 16.6. The Labute approximate surface area is 155 Å². The molecule has 0 radical (unpaired) electrons. The molecule has 0 saturated heterocycles. The first kappa shape index (κ1) is 19.6. The molecule has 0 aromatic heterocycles. The number of nitrogens with zero attached hydrogens (tertiary/aromatic N) is 1. The fourth-order valence-corrected chi connectivity index (χ4v) is 2.23. The number of ketones is 1.